The Bertz CT molecular complexity index is 893. The summed E-state index contributed by atoms with van der Waals surface area (Å²) in [5.41, 5.74) is 1.53. The summed E-state index contributed by atoms with van der Waals surface area (Å²) in [7, 11) is 0. The molecular weight excluding hydrogens is 402 g/mol. The van der Waals surface area contributed by atoms with E-state index in [2.05, 4.69) is 10.6 Å². The van der Waals surface area contributed by atoms with Crippen LogP contribution in [0.2, 0.25) is 0 Å². The lowest BCUT2D eigenvalue weighted by Crippen LogP contribution is -2.55. The highest BCUT2D eigenvalue weighted by atomic mass is 16.2. The van der Waals surface area contributed by atoms with Crippen LogP contribution in [0.5, 0.6) is 0 Å². The number of carbonyl (C=O) groups excluding carboxylic acids is 3. The first-order valence-corrected chi connectivity index (χ1v) is 11.5. The van der Waals surface area contributed by atoms with E-state index in [0.29, 0.717) is 37.9 Å². The summed E-state index contributed by atoms with van der Waals surface area (Å²) in [6.07, 6.45) is 2.55. The van der Waals surface area contributed by atoms with Gasteiger partial charge < -0.3 is 15.5 Å². The van der Waals surface area contributed by atoms with Crippen LogP contribution in [0, 0.1) is 5.92 Å². The molecule has 1 aliphatic heterocycles. The number of piperidine rings is 1. The minimum absolute atomic E-state index is 0.0208. The Morgan fingerprint density at radius 3 is 2.12 bits per heavy atom. The van der Waals surface area contributed by atoms with Crippen molar-refractivity contribution >= 4 is 17.7 Å². The highest BCUT2D eigenvalue weighted by molar-refractivity contribution is 5.97. The van der Waals surface area contributed by atoms with E-state index >= 15 is 0 Å². The van der Waals surface area contributed by atoms with E-state index in [1.807, 2.05) is 55.1 Å². The fraction of sp³-hybridized carbons (Fsp3) is 0.423. The Morgan fingerprint density at radius 1 is 0.938 bits per heavy atom. The van der Waals surface area contributed by atoms with Crippen molar-refractivity contribution < 1.29 is 14.4 Å². The molecule has 1 fully saturated rings. The molecule has 0 unspecified atom stereocenters. The van der Waals surface area contributed by atoms with Crippen LogP contribution in [0.25, 0.3) is 0 Å². The molecule has 3 rings (SSSR count). The molecule has 2 atom stereocenters. The van der Waals surface area contributed by atoms with E-state index in [1.54, 1.807) is 24.3 Å². The lowest BCUT2D eigenvalue weighted by Gasteiger charge is -2.36. The Hall–Kier alpha value is -3.15. The molecule has 6 nitrogen and oxygen atoms in total. The zero-order chi connectivity index (χ0) is 22.9. The van der Waals surface area contributed by atoms with E-state index in [9.17, 15) is 14.4 Å². The van der Waals surface area contributed by atoms with Crippen LogP contribution >= 0.6 is 0 Å². The lowest BCUT2D eigenvalue weighted by molar-refractivity contribution is -0.132. The molecule has 1 heterocycles. The molecule has 1 aliphatic rings. The number of hydrogen-bond donors (Lipinski definition) is 2. The van der Waals surface area contributed by atoms with Gasteiger partial charge in [0.05, 0.1) is 6.42 Å². The summed E-state index contributed by atoms with van der Waals surface area (Å²) in [6.45, 7) is 5.15. The number of rotatable bonds is 8. The predicted octanol–water partition coefficient (Wildman–Crippen LogP) is 3.18. The first-order valence-electron chi connectivity index (χ1n) is 11.5. The van der Waals surface area contributed by atoms with Crippen molar-refractivity contribution in [3.05, 3.63) is 71.8 Å². The van der Waals surface area contributed by atoms with Crippen LogP contribution in [-0.4, -0.2) is 47.8 Å². The molecule has 0 bridgehead atoms. The second-order valence-corrected chi connectivity index (χ2v) is 8.52. The Morgan fingerprint density at radius 2 is 1.53 bits per heavy atom. The molecule has 0 aliphatic carbocycles. The quantitative estimate of drug-likeness (QED) is 0.669. The molecule has 170 valence electrons. The van der Waals surface area contributed by atoms with Gasteiger partial charge >= 0.3 is 0 Å². The molecule has 32 heavy (non-hydrogen) atoms. The maximum absolute atomic E-state index is 13.0. The number of nitrogens with one attached hydrogen (secondary N) is 2. The number of nitrogens with zero attached hydrogens (tertiary/aromatic N) is 1. The molecule has 0 saturated carbocycles. The maximum atomic E-state index is 13.0. The molecule has 2 aromatic carbocycles. The molecule has 6 heteroatoms. The van der Waals surface area contributed by atoms with Crippen molar-refractivity contribution in [1.29, 1.82) is 0 Å². The minimum atomic E-state index is -0.622. The van der Waals surface area contributed by atoms with Crippen molar-refractivity contribution in [2.24, 2.45) is 5.92 Å². The van der Waals surface area contributed by atoms with Crippen molar-refractivity contribution in [1.82, 2.24) is 15.5 Å². The Balaban J connectivity index is 1.64. The first-order chi connectivity index (χ1) is 15.5. The first kappa shape index (κ1) is 23.5. The minimum Gasteiger partial charge on any atom is -0.352 e. The summed E-state index contributed by atoms with van der Waals surface area (Å²) < 4.78 is 0. The number of carbonyl (C=O) groups is 3. The van der Waals surface area contributed by atoms with Crippen LogP contribution in [0.4, 0.5) is 0 Å². The number of benzene rings is 2. The van der Waals surface area contributed by atoms with Crippen molar-refractivity contribution in [2.45, 2.75) is 51.6 Å². The van der Waals surface area contributed by atoms with Gasteiger partial charge in [0, 0.05) is 24.7 Å². The van der Waals surface area contributed by atoms with Crippen molar-refractivity contribution in [2.75, 3.05) is 13.1 Å². The van der Waals surface area contributed by atoms with E-state index in [1.165, 1.54) is 0 Å². The molecule has 0 aromatic heterocycles. The second-order valence-electron chi connectivity index (χ2n) is 8.52. The second kappa shape index (κ2) is 11.5. The molecule has 0 spiro atoms. The number of hydrogen-bond acceptors (Lipinski definition) is 3. The van der Waals surface area contributed by atoms with Gasteiger partial charge in [-0.05, 0) is 49.8 Å². The predicted molar refractivity (Wildman–Crippen MR) is 125 cm³/mol. The summed E-state index contributed by atoms with van der Waals surface area (Å²) in [5.74, 6) is -0.328. The smallest absolute Gasteiger partial charge is 0.251 e. The summed E-state index contributed by atoms with van der Waals surface area (Å²) in [6, 6.07) is 18.1. The summed E-state index contributed by atoms with van der Waals surface area (Å²) in [4.78, 5) is 40.4. The van der Waals surface area contributed by atoms with Crippen LogP contribution in [0.15, 0.2) is 60.7 Å². The van der Waals surface area contributed by atoms with Gasteiger partial charge in [0.2, 0.25) is 11.8 Å². The van der Waals surface area contributed by atoms with E-state index < -0.39 is 6.04 Å². The third-order valence-corrected chi connectivity index (χ3v) is 6.17. The monoisotopic (exact) mass is 435 g/mol. The lowest BCUT2D eigenvalue weighted by atomic mass is 9.88. The molecule has 2 N–H and O–H groups in total. The summed E-state index contributed by atoms with van der Waals surface area (Å²) >= 11 is 0. The summed E-state index contributed by atoms with van der Waals surface area (Å²) in [5, 5.41) is 5.98. The van der Waals surface area contributed by atoms with Crippen LogP contribution in [0.3, 0.4) is 0 Å². The number of amides is 3. The SMILES string of the molecule is CC[C@@H](C)NC(=O)[C@@H](NC(=O)c1ccccc1)C1CCN(C(=O)Cc2ccccc2)CC1. The fourth-order valence-corrected chi connectivity index (χ4v) is 4.01. The molecule has 0 radical (unpaired) electrons. The van der Waals surface area contributed by atoms with Crippen LogP contribution in [-0.2, 0) is 16.0 Å². The third kappa shape index (κ3) is 6.42. The van der Waals surface area contributed by atoms with Crippen LogP contribution < -0.4 is 10.6 Å². The number of likely N-dealkylation sites (tertiary alicyclic amines) is 1. The Kier molecular flexibility index (Phi) is 8.42. The third-order valence-electron chi connectivity index (χ3n) is 6.17. The van der Waals surface area contributed by atoms with Crippen molar-refractivity contribution in [3.8, 4) is 0 Å². The standard InChI is InChI=1S/C26H33N3O3/c1-3-19(2)27-26(32)24(28-25(31)22-12-8-5-9-13-22)21-14-16-29(17-15-21)23(30)18-20-10-6-4-7-11-20/h4-13,19,21,24H,3,14-18H2,1-2H3,(H,27,32)(H,28,31)/t19-,24+/m1/s1. The van der Waals surface area contributed by atoms with Crippen LogP contribution in [0.1, 0.15) is 49.0 Å². The van der Waals surface area contributed by atoms with Gasteiger partial charge in [-0.2, -0.15) is 0 Å². The maximum Gasteiger partial charge on any atom is 0.251 e. The van der Waals surface area contributed by atoms with Gasteiger partial charge in [0.15, 0.2) is 0 Å². The highest BCUT2D eigenvalue weighted by Gasteiger charge is 2.34. The zero-order valence-electron chi connectivity index (χ0n) is 18.9. The molecule has 1 saturated heterocycles. The van der Waals surface area contributed by atoms with Gasteiger partial charge in [0.1, 0.15) is 6.04 Å². The Labute approximate surface area is 190 Å². The van der Waals surface area contributed by atoms with Gasteiger partial charge in [-0.1, -0.05) is 55.5 Å². The highest BCUT2D eigenvalue weighted by Crippen LogP contribution is 2.22. The van der Waals surface area contributed by atoms with Gasteiger partial charge in [-0.25, -0.2) is 0 Å². The average molecular weight is 436 g/mol. The molecule has 3 amide bonds. The van der Waals surface area contributed by atoms with E-state index in [0.717, 1.165) is 12.0 Å². The van der Waals surface area contributed by atoms with Crippen molar-refractivity contribution in [3.63, 3.8) is 0 Å². The average Bonchev–Trinajstić information content (AvgIpc) is 2.83. The molecular formula is C26H33N3O3. The van der Waals surface area contributed by atoms with Gasteiger partial charge in [0.25, 0.3) is 5.91 Å². The zero-order valence-corrected chi connectivity index (χ0v) is 18.9. The normalized spacial score (nSPS) is 16.1. The van der Waals surface area contributed by atoms with Gasteiger partial charge in [-0.3, -0.25) is 14.4 Å². The van der Waals surface area contributed by atoms with E-state index in [-0.39, 0.29) is 29.7 Å². The van der Waals surface area contributed by atoms with Gasteiger partial charge in [-0.15, -0.1) is 0 Å². The van der Waals surface area contributed by atoms with E-state index in [4.69, 9.17) is 0 Å². The topological polar surface area (TPSA) is 78.5 Å². The fourth-order valence-electron chi connectivity index (χ4n) is 4.01. The largest absolute Gasteiger partial charge is 0.352 e. The molecule has 2 aromatic rings.